The lowest BCUT2D eigenvalue weighted by Gasteiger charge is -2.10. The molecule has 10 heteroatoms. The number of hydrogen-bond acceptors (Lipinski definition) is 7. The van der Waals surface area contributed by atoms with Gasteiger partial charge in [-0.3, -0.25) is 10.1 Å². The molecule has 0 aliphatic carbocycles. The first kappa shape index (κ1) is 20.2. The van der Waals surface area contributed by atoms with Crippen LogP contribution in [0.25, 0.3) is 0 Å². The Morgan fingerprint density at radius 2 is 1.78 bits per heavy atom. The number of hydrazone groups is 1. The molecule has 144 valence electrons. The Morgan fingerprint density at radius 1 is 1.11 bits per heavy atom. The van der Waals surface area contributed by atoms with Crippen molar-refractivity contribution in [1.29, 1.82) is 0 Å². The largest absolute Gasteiger partial charge is 0.493 e. The second-order valence-electron chi connectivity index (χ2n) is 5.57. The first-order chi connectivity index (χ1) is 12.7. The molecule has 0 aliphatic rings. The number of hydrogen-bond donors (Lipinski definition) is 1. The monoisotopic (exact) mass is 393 g/mol. The SMILES string of the molecule is COc1ccc(/C(C)=N\NS(=O)(=O)c2ccc(C)c([N+](=O)[O-])c2)cc1OC. The van der Waals surface area contributed by atoms with E-state index >= 15 is 0 Å². The predicted octanol–water partition coefficient (Wildman–Crippen LogP) is 2.62. The summed E-state index contributed by atoms with van der Waals surface area (Å²) in [5.41, 5.74) is 1.08. The number of methoxy groups -OCH3 is 2. The zero-order valence-electron chi connectivity index (χ0n) is 15.2. The number of rotatable bonds is 7. The van der Waals surface area contributed by atoms with E-state index in [1.165, 1.54) is 33.3 Å². The number of nitro groups is 1. The van der Waals surface area contributed by atoms with E-state index < -0.39 is 14.9 Å². The third kappa shape index (κ3) is 4.53. The number of ether oxygens (including phenoxy) is 2. The molecule has 0 heterocycles. The molecular formula is C17H19N3O6S. The van der Waals surface area contributed by atoms with E-state index in [9.17, 15) is 18.5 Å². The number of nitro benzene ring substituents is 1. The van der Waals surface area contributed by atoms with Gasteiger partial charge >= 0.3 is 0 Å². The number of nitrogens with one attached hydrogen (secondary N) is 1. The maximum Gasteiger partial charge on any atom is 0.276 e. The van der Waals surface area contributed by atoms with E-state index in [0.29, 0.717) is 28.3 Å². The van der Waals surface area contributed by atoms with Gasteiger partial charge in [-0.15, -0.1) is 0 Å². The molecule has 0 unspecified atom stereocenters. The number of aryl methyl sites for hydroxylation is 1. The van der Waals surface area contributed by atoms with Crippen molar-refractivity contribution in [2.75, 3.05) is 14.2 Å². The molecule has 2 aromatic carbocycles. The van der Waals surface area contributed by atoms with Crippen molar-refractivity contribution in [2.24, 2.45) is 5.10 Å². The van der Waals surface area contributed by atoms with Gasteiger partial charge in [0.25, 0.3) is 15.7 Å². The minimum Gasteiger partial charge on any atom is -0.493 e. The van der Waals surface area contributed by atoms with Crippen LogP contribution in [-0.2, 0) is 10.0 Å². The fourth-order valence-corrected chi connectivity index (χ4v) is 3.14. The number of nitrogens with zero attached hydrogens (tertiary/aromatic N) is 2. The van der Waals surface area contributed by atoms with Crippen molar-refractivity contribution >= 4 is 21.4 Å². The van der Waals surface area contributed by atoms with Crippen molar-refractivity contribution in [1.82, 2.24) is 4.83 Å². The summed E-state index contributed by atoms with van der Waals surface area (Å²) in [5, 5.41) is 14.9. The minimum absolute atomic E-state index is 0.247. The highest BCUT2D eigenvalue weighted by molar-refractivity contribution is 7.89. The highest BCUT2D eigenvalue weighted by Crippen LogP contribution is 2.28. The summed E-state index contributed by atoms with van der Waals surface area (Å²) in [7, 11) is -1.07. The predicted molar refractivity (Wildman–Crippen MR) is 99.9 cm³/mol. The zero-order valence-corrected chi connectivity index (χ0v) is 16.0. The summed E-state index contributed by atoms with van der Waals surface area (Å²) in [5.74, 6) is 1.00. The van der Waals surface area contributed by atoms with Gasteiger partial charge in [0.15, 0.2) is 11.5 Å². The fourth-order valence-electron chi connectivity index (χ4n) is 2.26. The van der Waals surface area contributed by atoms with Gasteiger partial charge in [-0.1, -0.05) is 6.07 Å². The van der Waals surface area contributed by atoms with Gasteiger partial charge < -0.3 is 9.47 Å². The summed E-state index contributed by atoms with van der Waals surface area (Å²) < 4.78 is 35.1. The summed E-state index contributed by atoms with van der Waals surface area (Å²) in [4.78, 5) is 12.2. The normalized spacial score (nSPS) is 11.8. The molecule has 2 rings (SSSR count). The van der Waals surface area contributed by atoms with Crippen LogP contribution >= 0.6 is 0 Å². The van der Waals surface area contributed by atoms with Crippen LogP contribution in [0, 0.1) is 17.0 Å². The molecule has 9 nitrogen and oxygen atoms in total. The molecule has 0 saturated heterocycles. The van der Waals surface area contributed by atoms with Gasteiger partial charge in [0, 0.05) is 17.2 Å². The van der Waals surface area contributed by atoms with Crippen molar-refractivity contribution in [2.45, 2.75) is 18.7 Å². The van der Waals surface area contributed by atoms with Crippen LogP contribution in [0.5, 0.6) is 11.5 Å². The average Bonchev–Trinajstić information content (AvgIpc) is 2.65. The highest BCUT2D eigenvalue weighted by atomic mass is 32.2. The maximum absolute atomic E-state index is 12.4. The average molecular weight is 393 g/mol. The van der Waals surface area contributed by atoms with E-state index in [4.69, 9.17) is 9.47 Å². The van der Waals surface area contributed by atoms with Gasteiger partial charge in [-0.25, -0.2) is 0 Å². The summed E-state index contributed by atoms with van der Waals surface area (Å²) in [6, 6.07) is 8.68. The summed E-state index contributed by atoms with van der Waals surface area (Å²) in [6.07, 6.45) is 0. The minimum atomic E-state index is -4.06. The van der Waals surface area contributed by atoms with Gasteiger partial charge in [0.1, 0.15) is 0 Å². The van der Waals surface area contributed by atoms with Crippen LogP contribution in [0.3, 0.4) is 0 Å². The molecule has 0 fully saturated rings. The van der Waals surface area contributed by atoms with E-state index in [1.54, 1.807) is 25.1 Å². The smallest absolute Gasteiger partial charge is 0.276 e. The number of sulfonamides is 1. The Balaban J connectivity index is 2.30. The molecule has 2 aromatic rings. The quantitative estimate of drug-likeness (QED) is 0.439. The fraction of sp³-hybridized carbons (Fsp3) is 0.235. The Hall–Kier alpha value is -3.14. The summed E-state index contributed by atoms with van der Waals surface area (Å²) in [6.45, 7) is 3.14. The third-order valence-electron chi connectivity index (χ3n) is 3.82. The van der Waals surface area contributed by atoms with Gasteiger partial charge in [-0.2, -0.15) is 18.4 Å². The third-order valence-corrected chi connectivity index (χ3v) is 5.03. The van der Waals surface area contributed by atoms with E-state index in [-0.39, 0.29) is 10.6 Å². The molecular weight excluding hydrogens is 374 g/mol. The van der Waals surface area contributed by atoms with Crippen LogP contribution in [0.1, 0.15) is 18.1 Å². The lowest BCUT2D eigenvalue weighted by atomic mass is 10.1. The molecule has 0 bridgehead atoms. The highest BCUT2D eigenvalue weighted by Gasteiger charge is 2.19. The van der Waals surface area contributed by atoms with Crippen molar-refractivity contribution in [3.63, 3.8) is 0 Å². The molecule has 0 aromatic heterocycles. The topological polar surface area (TPSA) is 120 Å². The second kappa shape index (κ2) is 8.04. The Kier molecular flexibility index (Phi) is 6.01. The first-order valence-electron chi connectivity index (χ1n) is 7.73. The van der Waals surface area contributed by atoms with Crippen LogP contribution in [0.15, 0.2) is 46.4 Å². The molecule has 1 N–H and O–H groups in total. The van der Waals surface area contributed by atoms with Gasteiger partial charge in [0.2, 0.25) is 0 Å². The maximum atomic E-state index is 12.4. The van der Waals surface area contributed by atoms with E-state index in [0.717, 1.165) is 6.07 Å². The van der Waals surface area contributed by atoms with Gasteiger partial charge in [0.05, 0.1) is 29.8 Å². The molecule has 0 saturated carbocycles. The standard InChI is InChI=1S/C17H19N3O6S/c1-11-5-7-14(10-15(11)20(21)22)27(23,24)19-18-12(2)13-6-8-16(25-3)17(9-13)26-4/h5-10,19H,1-4H3/b18-12-. The van der Waals surface area contributed by atoms with Crippen LogP contribution in [-0.4, -0.2) is 33.3 Å². The zero-order chi connectivity index (χ0) is 20.2. The lowest BCUT2D eigenvalue weighted by Crippen LogP contribution is -2.20. The molecule has 27 heavy (non-hydrogen) atoms. The van der Waals surface area contributed by atoms with Crippen LogP contribution in [0.2, 0.25) is 0 Å². The Morgan fingerprint density at radius 3 is 2.37 bits per heavy atom. The molecule has 0 amide bonds. The Labute approximate surface area is 156 Å². The molecule has 0 atom stereocenters. The first-order valence-corrected chi connectivity index (χ1v) is 9.21. The van der Waals surface area contributed by atoms with Crippen molar-refractivity contribution < 1.29 is 22.8 Å². The van der Waals surface area contributed by atoms with Crippen molar-refractivity contribution in [3.8, 4) is 11.5 Å². The second-order valence-corrected chi connectivity index (χ2v) is 7.23. The molecule has 0 radical (unpaired) electrons. The van der Waals surface area contributed by atoms with Crippen LogP contribution < -0.4 is 14.3 Å². The van der Waals surface area contributed by atoms with Gasteiger partial charge in [-0.05, 0) is 38.1 Å². The van der Waals surface area contributed by atoms with Crippen molar-refractivity contribution in [3.05, 3.63) is 57.6 Å². The summed E-state index contributed by atoms with van der Waals surface area (Å²) >= 11 is 0. The van der Waals surface area contributed by atoms with Crippen LogP contribution in [0.4, 0.5) is 5.69 Å². The molecule has 0 spiro atoms. The number of benzene rings is 2. The van der Waals surface area contributed by atoms with E-state index in [1.807, 2.05) is 0 Å². The molecule has 0 aliphatic heterocycles. The lowest BCUT2D eigenvalue weighted by molar-refractivity contribution is -0.385. The Bertz CT molecular complexity index is 1000. The van der Waals surface area contributed by atoms with E-state index in [2.05, 4.69) is 9.93 Å².